The number of amides is 1. The van der Waals surface area contributed by atoms with Crippen molar-refractivity contribution in [2.45, 2.75) is 46.0 Å². The van der Waals surface area contributed by atoms with Crippen LogP contribution in [0.3, 0.4) is 0 Å². The zero-order chi connectivity index (χ0) is 15.9. The first-order chi connectivity index (χ1) is 10.6. The number of nitrogen functional groups attached to an aromatic ring is 1. The molecule has 1 aromatic carbocycles. The van der Waals surface area contributed by atoms with E-state index in [4.69, 9.17) is 5.73 Å². The van der Waals surface area contributed by atoms with E-state index < -0.39 is 0 Å². The number of carbonyl (C=O) groups is 1. The van der Waals surface area contributed by atoms with Crippen molar-refractivity contribution in [3.8, 4) is 0 Å². The second-order valence-corrected chi connectivity index (χ2v) is 6.41. The Bertz CT molecular complexity index is 493. The summed E-state index contributed by atoms with van der Waals surface area (Å²) in [5, 5.41) is 2.91. The highest BCUT2D eigenvalue weighted by molar-refractivity contribution is 5.76. The number of anilines is 2. The lowest BCUT2D eigenvalue weighted by Gasteiger charge is -2.33. The summed E-state index contributed by atoms with van der Waals surface area (Å²) >= 11 is 0. The topological polar surface area (TPSA) is 58.4 Å². The molecule has 0 spiro atoms. The highest BCUT2D eigenvalue weighted by atomic mass is 16.1. The number of carbonyl (C=O) groups excluding carboxylic acids is 1. The van der Waals surface area contributed by atoms with Crippen molar-refractivity contribution in [3.63, 3.8) is 0 Å². The van der Waals surface area contributed by atoms with Crippen LogP contribution in [0.4, 0.5) is 11.4 Å². The lowest BCUT2D eigenvalue weighted by atomic mass is 9.98. The standard InChI is InChI=1S/C18H29N3O/c1-3-10-20-18(22)7-5-15-4-6-17(16(19)13-15)21-11-8-14(2)9-12-21/h4,6,13-14H,3,5,7-12,19H2,1-2H3,(H,20,22). The number of nitrogens with two attached hydrogens (primary N) is 1. The molecule has 1 saturated heterocycles. The van der Waals surface area contributed by atoms with Crippen molar-refractivity contribution < 1.29 is 4.79 Å². The number of nitrogens with one attached hydrogen (secondary N) is 1. The van der Waals surface area contributed by atoms with E-state index in [0.717, 1.165) is 55.3 Å². The number of hydrogen-bond acceptors (Lipinski definition) is 3. The van der Waals surface area contributed by atoms with Crippen LogP contribution in [-0.2, 0) is 11.2 Å². The lowest BCUT2D eigenvalue weighted by Crippen LogP contribution is -2.33. The highest BCUT2D eigenvalue weighted by Gasteiger charge is 2.17. The number of aryl methyl sites for hydroxylation is 1. The molecule has 1 aliphatic heterocycles. The third kappa shape index (κ3) is 4.65. The largest absolute Gasteiger partial charge is 0.397 e. The molecule has 0 atom stereocenters. The molecule has 22 heavy (non-hydrogen) atoms. The number of rotatable bonds is 6. The Labute approximate surface area is 134 Å². The summed E-state index contributed by atoms with van der Waals surface area (Å²) in [6.07, 6.45) is 4.72. The van der Waals surface area contributed by atoms with Crippen LogP contribution in [0.1, 0.15) is 45.1 Å². The normalized spacial score (nSPS) is 15.8. The molecule has 2 rings (SSSR count). The predicted molar refractivity (Wildman–Crippen MR) is 93.1 cm³/mol. The molecule has 0 unspecified atom stereocenters. The molecule has 4 nitrogen and oxygen atoms in total. The molecule has 0 aliphatic carbocycles. The Morgan fingerprint density at radius 3 is 2.73 bits per heavy atom. The van der Waals surface area contributed by atoms with Crippen molar-refractivity contribution in [1.29, 1.82) is 0 Å². The Hall–Kier alpha value is -1.71. The van der Waals surface area contributed by atoms with Gasteiger partial charge >= 0.3 is 0 Å². The predicted octanol–water partition coefficient (Wildman–Crippen LogP) is 2.96. The molecule has 3 N–H and O–H groups in total. The highest BCUT2D eigenvalue weighted by Crippen LogP contribution is 2.29. The van der Waals surface area contributed by atoms with E-state index in [2.05, 4.69) is 36.2 Å². The van der Waals surface area contributed by atoms with Gasteiger partial charge in [-0.15, -0.1) is 0 Å². The zero-order valence-electron chi connectivity index (χ0n) is 13.9. The second-order valence-electron chi connectivity index (χ2n) is 6.41. The summed E-state index contributed by atoms with van der Waals surface area (Å²) in [7, 11) is 0. The molecule has 1 amide bonds. The van der Waals surface area contributed by atoms with Crippen molar-refractivity contribution in [3.05, 3.63) is 23.8 Å². The summed E-state index contributed by atoms with van der Waals surface area (Å²) < 4.78 is 0. The Morgan fingerprint density at radius 1 is 1.36 bits per heavy atom. The van der Waals surface area contributed by atoms with Gasteiger partial charge in [-0.05, 0) is 49.3 Å². The molecule has 0 bridgehead atoms. The monoisotopic (exact) mass is 303 g/mol. The molecule has 0 saturated carbocycles. The maximum absolute atomic E-state index is 11.7. The summed E-state index contributed by atoms with van der Waals surface area (Å²) in [5.41, 5.74) is 9.35. The molecule has 4 heteroatoms. The van der Waals surface area contributed by atoms with E-state index in [1.165, 1.54) is 12.8 Å². The third-order valence-corrected chi connectivity index (χ3v) is 4.43. The molecule has 122 valence electrons. The molecule has 1 aromatic rings. The van der Waals surface area contributed by atoms with Crippen molar-refractivity contribution in [2.75, 3.05) is 30.3 Å². The summed E-state index contributed by atoms with van der Waals surface area (Å²) in [4.78, 5) is 14.0. The minimum Gasteiger partial charge on any atom is -0.397 e. The van der Waals surface area contributed by atoms with Gasteiger partial charge in [-0.3, -0.25) is 4.79 Å². The maximum Gasteiger partial charge on any atom is 0.220 e. The van der Waals surface area contributed by atoms with Crippen LogP contribution >= 0.6 is 0 Å². The summed E-state index contributed by atoms with van der Waals surface area (Å²) in [5.74, 6) is 0.938. The van der Waals surface area contributed by atoms with Gasteiger partial charge < -0.3 is 16.0 Å². The third-order valence-electron chi connectivity index (χ3n) is 4.43. The Balaban J connectivity index is 1.90. The van der Waals surface area contributed by atoms with E-state index in [0.29, 0.717) is 6.42 Å². The number of hydrogen-bond donors (Lipinski definition) is 2. The van der Waals surface area contributed by atoms with Gasteiger partial charge in [0.1, 0.15) is 0 Å². The van der Waals surface area contributed by atoms with Crippen molar-refractivity contribution in [2.24, 2.45) is 5.92 Å². The number of benzene rings is 1. The van der Waals surface area contributed by atoms with E-state index in [-0.39, 0.29) is 5.91 Å². The van der Waals surface area contributed by atoms with Crippen LogP contribution in [0.5, 0.6) is 0 Å². The van der Waals surface area contributed by atoms with Crippen LogP contribution < -0.4 is 16.0 Å². The fraction of sp³-hybridized carbons (Fsp3) is 0.611. The maximum atomic E-state index is 11.7. The molecule has 1 fully saturated rings. The van der Waals surface area contributed by atoms with Gasteiger partial charge in [-0.2, -0.15) is 0 Å². The molecular weight excluding hydrogens is 274 g/mol. The minimum absolute atomic E-state index is 0.120. The average Bonchev–Trinajstić information content (AvgIpc) is 2.52. The van der Waals surface area contributed by atoms with Crippen molar-refractivity contribution >= 4 is 17.3 Å². The van der Waals surface area contributed by atoms with Crippen LogP contribution in [-0.4, -0.2) is 25.5 Å². The van der Waals surface area contributed by atoms with Gasteiger partial charge in [0.15, 0.2) is 0 Å². The molecule has 0 aromatic heterocycles. The summed E-state index contributed by atoms with van der Waals surface area (Å²) in [6.45, 7) is 7.30. The SMILES string of the molecule is CCCNC(=O)CCc1ccc(N2CCC(C)CC2)c(N)c1. The average molecular weight is 303 g/mol. The van der Waals surface area contributed by atoms with Gasteiger partial charge in [0.2, 0.25) is 5.91 Å². The molecule has 1 aliphatic rings. The van der Waals surface area contributed by atoms with E-state index in [9.17, 15) is 4.79 Å². The summed E-state index contributed by atoms with van der Waals surface area (Å²) in [6, 6.07) is 6.25. The minimum atomic E-state index is 0.120. The Morgan fingerprint density at radius 2 is 2.09 bits per heavy atom. The smallest absolute Gasteiger partial charge is 0.220 e. The fourth-order valence-corrected chi connectivity index (χ4v) is 2.91. The van der Waals surface area contributed by atoms with Crippen LogP contribution in [0.25, 0.3) is 0 Å². The van der Waals surface area contributed by atoms with Gasteiger partial charge in [0, 0.05) is 26.1 Å². The molecular formula is C18H29N3O. The first-order valence-corrected chi connectivity index (χ1v) is 8.50. The molecule has 1 heterocycles. The number of piperidine rings is 1. The van der Waals surface area contributed by atoms with E-state index in [1.54, 1.807) is 0 Å². The number of nitrogens with zero attached hydrogens (tertiary/aromatic N) is 1. The van der Waals surface area contributed by atoms with E-state index in [1.807, 2.05) is 6.07 Å². The van der Waals surface area contributed by atoms with Crippen LogP contribution in [0.15, 0.2) is 18.2 Å². The second kappa shape index (κ2) is 8.06. The first kappa shape index (κ1) is 16.7. The van der Waals surface area contributed by atoms with Crippen LogP contribution in [0.2, 0.25) is 0 Å². The van der Waals surface area contributed by atoms with Crippen LogP contribution in [0, 0.1) is 5.92 Å². The van der Waals surface area contributed by atoms with Gasteiger partial charge in [-0.1, -0.05) is 19.9 Å². The quantitative estimate of drug-likeness (QED) is 0.794. The molecule has 0 radical (unpaired) electrons. The van der Waals surface area contributed by atoms with E-state index >= 15 is 0 Å². The zero-order valence-corrected chi connectivity index (χ0v) is 13.9. The van der Waals surface area contributed by atoms with Crippen molar-refractivity contribution in [1.82, 2.24) is 5.32 Å². The van der Waals surface area contributed by atoms with Gasteiger partial charge in [0.05, 0.1) is 11.4 Å². The Kier molecular flexibility index (Phi) is 6.10. The lowest BCUT2D eigenvalue weighted by molar-refractivity contribution is -0.121. The van der Waals surface area contributed by atoms with Gasteiger partial charge in [0.25, 0.3) is 0 Å². The first-order valence-electron chi connectivity index (χ1n) is 8.50. The fourth-order valence-electron chi connectivity index (χ4n) is 2.91. The van der Waals surface area contributed by atoms with Gasteiger partial charge in [-0.25, -0.2) is 0 Å².